The number of hydrogen-bond acceptors (Lipinski definition) is 4. The molecule has 2 N–H and O–H groups in total. The monoisotopic (exact) mass is 489 g/mol. The summed E-state index contributed by atoms with van der Waals surface area (Å²) in [6, 6.07) is 8.87. The van der Waals surface area contributed by atoms with Crippen LogP contribution in [0.2, 0.25) is 0 Å². The third-order valence-electron chi connectivity index (χ3n) is 6.59. The Hall–Kier alpha value is -3.23. The lowest BCUT2D eigenvalue weighted by atomic mass is 9.68. The second kappa shape index (κ2) is 9.09. The number of imidazole rings is 1. The Labute approximate surface area is 202 Å². The van der Waals surface area contributed by atoms with Gasteiger partial charge in [-0.1, -0.05) is 20.8 Å². The van der Waals surface area contributed by atoms with Crippen LogP contribution in [0, 0.1) is 24.2 Å². The van der Waals surface area contributed by atoms with E-state index in [1.54, 1.807) is 13.0 Å². The molecule has 1 heterocycles. The standard InChI is InChI=1S/C26H30F3N3O3/c1-15-9-17(13-25(3,4)12-15)14-32-22-10-16(2)20(23(33)34)11-21(22)31-24(32)30-18-5-7-19(8-6-18)35-26(27,28)29/h5-8,10-11,15,17H,9,12-14H2,1-4H3,(H,30,31)(H,33,34)/t15-,17-/m1/s1. The first-order valence-electron chi connectivity index (χ1n) is 11.7. The van der Waals surface area contributed by atoms with Crippen LogP contribution >= 0.6 is 0 Å². The molecule has 188 valence electrons. The van der Waals surface area contributed by atoms with Crippen molar-refractivity contribution in [1.29, 1.82) is 0 Å². The van der Waals surface area contributed by atoms with Crippen molar-refractivity contribution in [1.82, 2.24) is 9.55 Å². The molecule has 0 amide bonds. The van der Waals surface area contributed by atoms with Gasteiger partial charge < -0.3 is 19.7 Å². The van der Waals surface area contributed by atoms with E-state index in [-0.39, 0.29) is 16.7 Å². The van der Waals surface area contributed by atoms with Crippen molar-refractivity contribution < 1.29 is 27.8 Å². The summed E-state index contributed by atoms with van der Waals surface area (Å²) < 4.78 is 43.5. The van der Waals surface area contributed by atoms with E-state index in [9.17, 15) is 23.1 Å². The van der Waals surface area contributed by atoms with E-state index in [1.807, 2.05) is 6.07 Å². The number of carboxylic acid groups (broad SMARTS) is 1. The number of nitrogens with one attached hydrogen (secondary N) is 1. The smallest absolute Gasteiger partial charge is 0.478 e. The number of rotatable bonds is 6. The SMILES string of the molecule is Cc1cc2c(cc1C(=O)O)nc(Nc1ccc(OC(F)(F)F)cc1)n2C[C@@H]1C[C@@H](C)CC(C)(C)C1. The minimum absolute atomic E-state index is 0.190. The van der Waals surface area contributed by atoms with Crippen molar-refractivity contribution in [3.63, 3.8) is 0 Å². The molecule has 0 saturated heterocycles. The van der Waals surface area contributed by atoms with Crippen LogP contribution in [0.5, 0.6) is 5.75 Å². The average Bonchev–Trinajstić information content (AvgIpc) is 3.02. The highest BCUT2D eigenvalue weighted by molar-refractivity contribution is 5.95. The number of aryl methyl sites for hydroxylation is 1. The van der Waals surface area contributed by atoms with E-state index in [0.717, 1.165) is 18.4 Å². The highest BCUT2D eigenvalue weighted by Crippen LogP contribution is 2.43. The Balaban J connectivity index is 1.70. The van der Waals surface area contributed by atoms with Crippen molar-refractivity contribution in [3.8, 4) is 5.75 Å². The van der Waals surface area contributed by atoms with Gasteiger partial charge in [-0.3, -0.25) is 0 Å². The topological polar surface area (TPSA) is 76.4 Å². The number of ether oxygens (including phenoxy) is 1. The molecule has 1 aliphatic carbocycles. The number of benzene rings is 2. The minimum atomic E-state index is -4.76. The Morgan fingerprint density at radius 2 is 1.91 bits per heavy atom. The third-order valence-corrected chi connectivity index (χ3v) is 6.59. The number of halogens is 3. The Bertz CT molecular complexity index is 1230. The third kappa shape index (κ3) is 5.89. The first kappa shape index (κ1) is 24.9. The Morgan fingerprint density at radius 1 is 1.23 bits per heavy atom. The van der Waals surface area contributed by atoms with Crippen LogP contribution in [0.3, 0.4) is 0 Å². The normalized spacial score (nSPS) is 20.1. The number of aromatic carboxylic acids is 1. The Kier molecular flexibility index (Phi) is 6.46. The number of aromatic nitrogens is 2. The summed E-state index contributed by atoms with van der Waals surface area (Å²) in [5.74, 6) is 0.195. The van der Waals surface area contributed by atoms with Crippen LogP contribution in [0.1, 0.15) is 56.0 Å². The molecule has 1 aromatic heterocycles. The number of hydrogen-bond donors (Lipinski definition) is 2. The second-order valence-electron chi connectivity index (χ2n) is 10.5. The lowest BCUT2D eigenvalue weighted by Gasteiger charge is -2.39. The quantitative estimate of drug-likeness (QED) is 0.385. The number of carbonyl (C=O) groups is 1. The molecule has 6 nitrogen and oxygen atoms in total. The fourth-order valence-electron chi connectivity index (χ4n) is 5.60. The van der Waals surface area contributed by atoms with Crippen molar-refractivity contribution >= 4 is 28.6 Å². The molecule has 0 radical (unpaired) electrons. The zero-order valence-corrected chi connectivity index (χ0v) is 20.2. The molecule has 2 atom stereocenters. The van der Waals surface area contributed by atoms with Gasteiger partial charge >= 0.3 is 12.3 Å². The lowest BCUT2D eigenvalue weighted by molar-refractivity contribution is -0.274. The Morgan fingerprint density at radius 3 is 2.51 bits per heavy atom. The summed E-state index contributed by atoms with van der Waals surface area (Å²) in [7, 11) is 0. The maximum atomic E-state index is 12.5. The highest BCUT2D eigenvalue weighted by atomic mass is 19.4. The summed E-state index contributed by atoms with van der Waals surface area (Å²) >= 11 is 0. The molecule has 0 spiro atoms. The number of nitrogens with zero attached hydrogens (tertiary/aromatic N) is 2. The maximum absolute atomic E-state index is 12.5. The number of carboxylic acids is 1. The molecule has 1 saturated carbocycles. The van der Waals surface area contributed by atoms with Crippen LogP contribution < -0.4 is 10.1 Å². The lowest BCUT2D eigenvalue weighted by Crippen LogP contribution is -2.30. The van der Waals surface area contributed by atoms with Gasteiger partial charge in [0.05, 0.1) is 16.6 Å². The van der Waals surface area contributed by atoms with Gasteiger partial charge in [0.25, 0.3) is 0 Å². The first-order chi connectivity index (χ1) is 16.3. The molecule has 9 heteroatoms. The van der Waals surface area contributed by atoms with Gasteiger partial charge in [-0.15, -0.1) is 13.2 Å². The van der Waals surface area contributed by atoms with Gasteiger partial charge in [-0.2, -0.15) is 0 Å². The van der Waals surface area contributed by atoms with E-state index in [4.69, 9.17) is 0 Å². The van der Waals surface area contributed by atoms with E-state index >= 15 is 0 Å². The first-order valence-corrected chi connectivity index (χ1v) is 11.7. The van der Waals surface area contributed by atoms with Gasteiger partial charge in [0.2, 0.25) is 5.95 Å². The van der Waals surface area contributed by atoms with E-state index < -0.39 is 12.3 Å². The second-order valence-corrected chi connectivity index (χ2v) is 10.5. The molecule has 4 rings (SSSR count). The number of anilines is 2. The zero-order valence-electron chi connectivity index (χ0n) is 20.2. The van der Waals surface area contributed by atoms with Crippen molar-refractivity contribution in [3.05, 3.63) is 47.5 Å². The molecule has 2 aromatic carbocycles. The summed E-state index contributed by atoms with van der Waals surface area (Å²) in [4.78, 5) is 16.3. The zero-order chi connectivity index (χ0) is 25.5. The van der Waals surface area contributed by atoms with Gasteiger partial charge in [-0.05, 0) is 85.4 Å². The molecule has 0 unspecified atom stereocenters. The summed E-state index contributed by atoms with van der Waals surface area (Å²) in [6.45, 7) is 9.31. The number of alkyl halides is 3. The van der Waals surface area contributed by atoms with Crippen molar-refractivity contribution in [2.45, 2.75) is 59.9 Å². The van der Waals surface area contributed by atoms with Crippen LogP contribution in [0.25, 0.3) is 11.0 Å². The summed E-state index contributed by atoms with van der Waals surface area (Å²) in [5, 5.41) is 12.8. The van der Waals surface area contributed by atoms with Gasteiger partial charge in [0.1, 0.15) is 5.75 Å². The fourth-order valence-corrected chi connectivity index (χ4v) is 5.60. The molecule has 1 fully saturated rings. The largest absolute Gasteiger partial charge is 0.573 e. The van der Waals surface area contributed by atoms with Crippen LogP contribution in [-0.4, -0.2) is 27.0 Å². The molecule has 0 aliphatic heterocycles. The molecule has 1 aliphatic rings. The minimum Gasteiger partial charge on any atom is -0.478 e. The number of fused-ring (bicyclic) bond motifs is 1. The predicted molar refractivity (Wildman–Crippen MR) is 128 cm³/mol. The highest BCUT2D eigenvalue weighted by Gasteiger charge is 2.33. The fraction of sp³-hybridized carbons (Fsp3) is 0.462. The van der Waals surface area contributed by atoms with E-state index in [1.165, 1.54) is 30.7 Å². The van der Waals surface area contributed by atoms with Gasteiger partial charge in [0.15, 0.2) is 0 Å². The molecule has 35 heavy (non-hydrogen) atoms. The van der Waals surface area contributed by atoms with Gasteiger partial charge in [-0.25, -0.2) is 9.78 Å². The average molecular weight is 490 g/mol. The maximum Gasteiger partial charge on any atom is 0.573 e. The van der Waals surface area contributed by atoms with Crippen molar-refractivity contribution in [2.24, 2.45) is 17.3 Å². The van der Waals surface area contributed by atoms with E-state index in [0.29, 0.717) is 41.1 Å². The molecular weight excluding hydrogens is 459 g/mol. The molecular formula is C26H30F3N3O3. The molecule has 0 bridgehead atoms. The molecule has 3 aromatic rings. The van der Waals surface area contributed by atoms with E-state index in [2.05, 4.69) is 40.4 Å². The summed E-state index contributed by atoms with van der Waals surface area (Å²) in [6.07, 6.45) is -1.44. The predicted octanol–water partition coefficient (Wildman–Crippen LogP) is 7.15. The van der Waals surface area contributed by atoms with Crippen LogP contribution in [0.15, 0.2) is 36.4 Å². The summed E-state index contributed by atoms with van der Waals surface area (Å²) in [5.41, 5.74) is 2.98. The van der Waals surface area contributed by atoms with Gasteiger partial charge in [0, 0.05) is 12.2 Å². The van der Waals surface area contributed by atoms with Crippen LogP contribution in [-0.2, 0) is 6.54 Å². The van der Waals surface area contributed by atoms with Crippen molar-refractivity contribution in [2.75, 3.05) is 5.32 Å². The van der Waals surface area contributed by atoms with Crippen LogP contribution in [0.4, 0.5) is 24.8 Å².